The van der Waals surface area contributed by atoms with Crippen molar-refractivity contribution in [3.63, 3.8) is 0 Å². The van der Waals surface area contributed by atoms with Crippen molar-refractivity contribution in [2.45, 2.75) is 40.7 Å². The second kappa shape index (κ2) is 9.34. The van der Waals surface area contributed by atoms with E-state index in [4.69, 9.17) is 9.97 Å². The number of aromatic nitrogens is 3. The molecule has 0 atom stereocenters. The third-order valence-corrected chi connectivity index (χ3v) is 7.18. The molecule has 6 heteroatoms. The summed E-state index contributed by atoms with van der Waals surface area (Å²) in [6, 6.07) is 18.2. The fourth-order valence-electron chi connectivity index (χ4n) is 5.07. The second-order valence-corrected chi connectivity index (χ2v) is 10.1. The number of fused-ring (bicyclic) bond motifs is 1. The molecule has 1 fully saturated rings. The van der Waals surface area contributed by atoms with Crippen molar-refractivity contribution in [1.29, 1.82) is 0 Å². The molecule has 1 N–H and O–H groups in total. The predicted molar refractivity (Wildman–Crippen MR) is 147 cm³/mol. The Morgan fingerprint density at radius 3 is 2.20 bits per heavy atom. The Hall–Kier alpha value is -3.38. The molecule has 0 spiro atoms. The van der Waals surface area contributed by atoms with E-state index in [1.54, 1.807) is 0 Å². The van der Waals surface area contributed by atoms with Crippen LogP contribution in [0.2, 0.25) is 0 Å². The third-order valence-electron chi connectivity index (χ3n) is 7.18. The molecule has 182 valence electrons. The first kappa shape index (κ1) is 23.4. The van der Waals surface area contributed by atoms with Crippen LogP contribution in [0.5, 0.6) is 0 Å². The SMILES string of the molecule is Cc1cc(C)nc(Nc2cc(-c3ccc(N4CCN(C(C)C)CC4)cc3)cc3c2nc(C)n3C)c1. The number of nitrogens with one attached hydrogen (secondary N) is 1. The Labute approximate surface area is 208 Å². The number of hydrogen-bond acceptors (Lipinski definition) is 5. The Balaban J connectivity index is 1.47. The summed E-state index contributed by atoms with van der Waals surface area (Å²) >= 11 is 0. The molecule has 0 saturated carbocycles. The smallest absolute Gasteiger partial charge is 0.130 e. The lowest BCUT2D eigenvalue weighted by Gasteiger charge is -2.38. The van der Waals surface area contributed by atoms with Gasteiger partial charge in [0, 0.05) is 50.6 Å². The molecule has 2 aromatic carbocycles. The van der Waals surface area contributed by atoms with Crippen LogP contribution in [0.4, 0.5) is 17.2 Å². The molecule has 1 aliphatic rings. The van der Waals surface area contributed by atoms with Crippen molar-refractivity contribution in [2.24, 2.45) is 7.05 Å². The number of benzene rings is 2. The van der Waals surface area contributed by atoms with Gasteiger partial charge >= 0.3 is 0 Å². The number of nitrogens with zero attached hydrogens (tertiary/aromatic N) is 5. The molecule has 5 rings (SSSR count). The number of aryl methyl sites for hydroxylation is 4. The van der Waals surface area contributed by atoms with Crippen LogP contribution in [0.15, 0.2) is 48.5 Å². The van der Waals surface area contributed by atoms with Crippen molar-refractivity contribution in [3.8, 4) is 11.1 Å². The van der Waals surface area contributed by atoms with Gasteiger partial charge in [-0.2, -0.15) is 0 Å². The van der Waals surface area contributed by atoms with Gasteiger partial charge in [0.2, 0.25) is 0 Å². The number of piperazine rings is 1. The summed E-state index contributed by atoms with van der Waals surface area (Å²) in [6.07, 6.45) is 0. The topological polar surface area (TPSA) is 49.2 Å². The van der Waals surface area contributed by atoms with Gasteiger partial charge in [-0.1, -0.05) is 12.1 Å². The quantitative estimate of drug-likeness (QED) is 0.399. The minimum atomic E-state index is 0.617. The summed E-state index contributed by atoms with van der Waals surface area (Å²) in [5, 5.41) is 3.56. The fraction of sp³-hybridized carbons (Fsp3) is 0.379. The highest BCUT2D eigenvalue weighted by molar-refractivity contribution is 5.95. The highest BCUT2D eigenvalue weighted by atomic mass is 15.3. The van der Waals surface area contributed by atoms with E-state index in [2.05, 4.69) is 96.0 Å². The Morgan fingerprint density at radius 2 is 1.54 bits per heavy atom. The van der Waals surface area contributed by atoms with Crippen LogP contribution < -0.4 is 10.2 Å². The predicted octanol–water partition coefficient (Wildman–Crippen LogP) is 5.83. The molecular weight excluding hydrogens is 432 g/mol. The van der Waals surface area contributed by atoms with Gasteiger partial charge in [0.1, 0.15) is 17.2 Å². The van der Waals surface area contributed by atoms with Crippen LogP contribution in [0.3, 0.4) is 0 Å². The zero-order chi connectivity index (χ0) is 24.7. The summed E-state index contributed by atoms with van der Waals surface area (Å²) in [4.78, 5) is 14.6. The first-order chi connectivity index (χ1) is 16.8. The summed E-state index contributed by atoms with van der Waals surface area (Å²) in [5.74, 6) is 1.84. The second-order valence-electron chi connectivity index (χ2n) is 10.1. The number of anilines is 3. The van der Waals surface area contributed by atoms with E-state index in [9.17, 15) is 0 Å². The molecule has 35 heavy (non-hydrogen) atoms. The molecule has 0 bridgehead atoms. The van der Waals surface area contributed by atoms with Gasteiger partial charge in [0.05, 0.1) is 11.2 Å². The minimum absolute atomic E-state index is 0.617. The molecule has 0 unspecified atom stereocenters. The van der Waals surface area contributed by atoms with Gasteiger partial charge < -0.3 is 14.8 Å². The molecule has 2 aromatic heterocycles. The lowest BCUT2D eigenvalue weighted by atomic mass is 10.0. The van der Waals surface area contributed by atoms with Gasteiger partial charge in [-0.15, -0.1) is 0 Å². The van der Waals surface area contributed by atoms with E-state index in [1.807, 2.05) is 13.8 Å². The first-order valence-electron chi connectivity index (χ1n) is 12.6. The Kier molecular flexibility index (Phi) is 6.24. The normalized spacial score (nSPS) is 14.8. The zero-order valence-electron chi connectivity index (χ0n) is 21.8. The molecule has 3 heterocycles. The van der Waals surface area contributed by atoms with Gasteiger partial charge in [-0.25, -0.2) is 9.97 Å². The van der Waals surface area contributed by atoms with E-state index in [0.29, 0.717) is 6.04 Å². The number of hydrogen-bond donors (Lipinski definition) is 1. The van der Waals surface area contributed by atoms with Crippen LogP contribution in [0.25, 0.3) is 22.2 Å². The van der Waals surface area contributed by atoms with Gasteiger partial charge in [0.25, 0.3) is 0 Å². The van der Waals surface area contributed by atoms with E-state index in [0.717, 1.165) is 60.2 Å². The Bertz CT molecular complexity index is 1320. The van der Waals surface area contributed by atoms with Crippen molar-refractivity contribution in [1.82, 2.24) is 19.4 Å². The third kappa shape index (κ3) is 4.76. The molecular formula is C29H36N6. The largest absolute Gasteiger partial charge is 0.369 e. The van der Waals surface area contributed by atoms with Crippen LogP contribution in [-0.2, 0) is 7.05 Å². The fourth-order valence-corrected chi connectivity index (χ4v) is 5.07. The lowest BCUT2D eigenvalue weighted by molar-refractivity contribution is 0.209. The highest BCUT2D eigenvalue weighted by Gasteiger charge is 2.19. The maximum Gasteiger partial charge on any atom is 0.130 e. The van der Waals surface area contributed by atoms with Crippen LogP contribution >= 0.6 is 0 Å². The maximum absolute atomic E-state index is 4.84. The summed E-state index contributed by atoms with van der Waals surface area (Å²) < 4.78 is 2.15. The van der Waals surface area contributed by atoms with Crippen molar-refractivity contribution < 1.29 is 0 Å². The average molecular weight is 469 g/mol. The van der Waals surface area contributed by atoms with E-state index in [-0.39, 0.29) is 0 Å². The van der Waals surface area contributed by atoms with Crippen LogP contribution in [0, 0.1) is 20.8 Å². The van der Waals surface area contributed by atoms with Gasteiger partial charge in [0.15, 0.2) is 0 Å². The van der Waals surface area contributed by atoms with Gasteiger partial charge in [-0.3, -0.25) is 4.90 Å². The molecule has 0 amide bonds. The van der Waals surface area contributed by atoms with Crippen molar-refractivity contribution in [2.75, 3.05) is 36.4 Å². The van der Waals surface area contributed by atoms with E-state index in [1.165, 1.54) is 22.4 Å². The van der Waals surface area contributed by atoms with E-state index < -0.39 is 0 Å². The van der Waals surface area contributed by atoms with Crippen molar-refractivity contribution in [3.05, 3.63) is 65.6 Å². The Morgan fingerprint density at radius 1 is 0.829 bits per heavy atom. The molecule has 4 aromatic rings. The van der Waals surface area contributed by atoms with Gasteiger partial charge in [-0.05, 0) is 87.7 Å². The molecule has 1 saturated heterocycles. The molecule has 0 radical (unpaired) electrons. The van der Waals surface area contributed by atoms with Crippen LogP contribution in [-0.4, -0.2) is 51.7 Å². The van der Waals surface area contributed by atoms with Crippen LogP contribution in [0.1, 0.15) is 30.9 Å². The molecule has 0 aliphatic carbocycles. The lowest BCUT2D eigenvalue weighted by Crippen LogP contribution is -2.48. The van der Waals surface area contributed by atoms with Crippen molar-refractivity contribution >= 4 is 28.2 Å². The summed E-state index contributed by atoms with van der Waals surface area (Å²) in [7, 11) is 2.08. The summed E-state index contributed by atoms with van der Waals surface area (Å²) in [5.41, 5.74) is 8.92. The average Bonchev–Trinajstić information content (AvgIpc) is 3.12. The molecule has 6 nitrogen and oxygen atoms in total. The standard InChI is InChI=1S/C29H36N6/c1-19(2)34-11-13-35(14-12-34)25-9-7-23(8-10-25)24-17-26(29-27(18-24)33(6)22(5)31-29)32-28-16-20(3)15-21(4)30-28/h7-10,15-19H,11-14H2,1-6H3,(H,30,32). The minimum Gasteiger partial charge on any atom is -0.369 e. The maximum atomic E-state index is 4.84. The summed E-state index contributed by atoms with van der Waals surface area (Å²) in [6.45, 7) is 15.1. The molecule has 1 aliphatic heterocycles. The zero-order valence-corrected chi connectivity index (χ0v) is 21.8. The highest BCUT2D eigenvalue weighted by Crippen LogP contribution is 2.33. The first-order valence-corrected chi connectivity index (χ1v) is 12.6. The number of rotatable bonds is 5. The number of pyridine rings is 1. The van der Waals surface area contributed by atoms with E-state index >= 15 is 0 Å². The monoisotopic (exact) mass is 468 g/mol. The number of imidazole rings is 1.